The van der Waals surface area contributed by atoms with E-state index in [-0.39, 0.29) is 30.0 Å². The van der Waals surface area contributed by atoms with Crippen LogP contribution in [0, 0.1) is 10.1 Å². The minimum absolute atomic E-state index is 0.0135. The Morgan fingerprint density at radius 2 is 1.32 bits per heavy atom. The van der Waals surface area contributed by atoms with Crippen molar-refractivity contribution in [1.29, 1.82) is 0 Å². The molecule has 4 rings (SSSR count). The van der Waals surface area contributed by atoms with Crippen LogP contribution >= 0.6 is 0 Å². The second kappa shape index (κ2) is 12.8. The van der Waals surface area contributed by atoms with Crippen LogP contribution in [0.1, 0.15) is 61.1 Å². The van der Waals surface area contributed by atoms with E-state index >= 15 is 0 Å². The minimum atomic E-state index is -0.813. The second-order valence-corrected chi connectivity index (χ2v) is 9.64. The fraction of sp³-hybridized carbons (Fsp3) is 0.333. The Labute approximate surface area is 217 Å². The fourth-order valence-corrected chi connectivity index (χ4v) is 4.97. The predicted octanol–water partition coefficient (Wildman–Crippen LogP) is 5.29. The van der Waals surface area contributed by atoms with Crippen molar-refractivity contribution < 1.29 is 14.5 Å². The molecule has 3 aromatic carbocycles. The summed E-state index contributed by atoms with van der Waals surface area (Å²) in [5.74, 6) is -1.06. The Morgan fingerprint density at radius 3 is 1.84 bits per heavy atom. The highest BCUT2D eigenvalue weighted by atomic mass is 16.6. The average Bonchev–Trinajstić information content (AvgIpc) is 3.18. The molecule has 0 bridgehead atoms. The predicted molar refractivity (Wildman–Crippen MR) is 143 cm³/mol. The molecule has 0 aromatic heterocycles. The normalized spacial score (nSPS) is 14.9. The molecule has 0 heterocycles. The Bertz CT molecular complexity index is 1130. The number of nitrogens with zero attached hydrogens (tertiary/aromatic N) is 1. The van der Waals surface area contributed by atoms with Crippen molar-refractivity contribution in [2.45, 2.75) is 62.9 Å². The number of hydrogen-bond acceptors (Lipinski definition) is 4. The summed E-state index contributed by atoms with van der Waals surface area (Å²) >= 11 is 0. The molecule has 7 heteroatoms. The fourth-order valence-electron chi connectivity index (χ4n) is 4.97. The van der Waals surface area contributed by atoms with Crippen LogP contribution in [0.4, 0.5) is 5.69 Å². The molecule has 1 saturated carbocycles. The first-order chi connectivity index (χ1) is 18.0. The van der Waals surface area contributed by atoms with E-state index in [0.717, 1.165) is 42.4 Å². The van der Waals surface area contributed by atoms with Gasteiger partial charge in [0.15, 0.2) is 0 Å². The number of non-ortho nitro benzene ring substituents is 1. The van der Waals surface area contributed by atoms with Crippen LogP contribution in [0.5, 0.6) is 0 Å². The lowest BCUT2D eigenvalue weighted by atomic mass is 9.90. The van der Waals surface area contributed by atoms with Gasteiger partial charge in [-0.2, -0.15) is 0 Å². The van der Waals surface area contributed by atoms with E-state index < -0.39 is 16.9 Å². The standard InChI is InChI=1S/C30H33N3O4/c34-29(31-25-15-9-1-2-10-16-25)27(21-22-17-19-26(20-18-22)33(36)37)32-30(35)28(23-11-5-3-6-12-23)24-13-7-4-8-14-24/h3-8,11-14,17-20,25,27-28H,1-2,9-10,15-16,21H2,(H,31,34)(H,32,35). The molecule has 1 fully saturated rings. The molecular formula is C30H33N3O4. The first kappa shape index (κ1) is 26.1. The number of nitrogens with one attached hydrogen (secondary N) is 2. The topological polar surface area (TPSA) is 101 Å². The third-order valence-electron chi connectivity index (χ3n) is 6.95. The number of benzene rings is 3. The zero-order chi connectivity index (χ0) is 26.0. The van der Waals surface area contributed by atoms with Crippen molar-refractivity contribution in [2.24, 2.45) is 0 Å². The molecule has 37 heavy (non-hydrogen) atoms. The highest BCUT2D eigenvalue weighted by molar-refractivity contribution is 5.92. The van der Waals surface area contributed by atoms with Crippen LogP contribution in [0.15, 0.2) is 84.9 Å². The summed E-state index contributed by atoms with van der Waals surface area (Å²) in [6, 6.07) is 24.4. The molecule has 0 radical (unpaired) electrons. The number of carbonyl (C=O) groups excluding carboxylic acids is 2. The number of nitro groups is 1. The zero-order valence-electron chi connectivity index (χ0n) is 20.8. The van der Waals surface area contributed by atoms with Crippen LogP contribution in [-0.2, 0) is 16.0 Å². The summed E-state index contributed by atoms with van der Waals surface area (Å²) in [6.07, 6.45) is 6.60. The van der Waals surface area contributed by atoms with Crippen molar-refractivity contribution in [2.75, 3.05) is 0 Å². The number of carbonyl (C=O) groups is 2. The van der Waals surface area contributed by atoms with Crippen molar-refractivity contribution in [3.05, 3.63) is 112 Å². The first-order valence-electron chi connectivity index (χ1n) is 13.0. The van der Waals surface area contributed by atoms with Crippen molar-refractivity contribution in [1.82, 2.24) is 10.6 Å². The van der Waals surface area contributed by atoms with Gasteiger partial charge in [-0.05, 0) is 29.5 Å². The summed E-state index contributed by atoms with van der Waals surface area (Å²) in [4.78, 5) is 37.9. The zero-order valence-corrected chi connectivity index (χ0v) is 20.8. The molecule has 192 valence electrons. The lowest BCUT2D eigenvalue weighted by Gasteiger charge is -2.25. The molecule has 0 aliphatic heterocycles. The molecule has 1 aliphatic rings. The maximum Gasteiger partial charge on any atom is 0.269 e. The third kappa shape index (κ3) is 7.26. The number of rotatable bonds is 9. The highest BCUT2D eigenvalue weighted by Gasteiger charge is 2.29. The van der Waals surface area contributed by atoms with Gasteiger partial charge < -0.3 is 10.6 Å². The monoisotopic (exact) mass is 499 g/mol. The van der Waals surface area contributed by atoms with Gasteiger partial charge in [-0.15, -0.1) is 0 Å². The van der Waals surface area contributed by atoms with Gasteiger partial charge in [-0.25, -0.2) is 0 Å². The summed E-state index contributed by atoms with van der Waals surface area (Å²) in [5, 5.41) is 17.3. The van der Waals surface area contributed by atoms with Gasteiger partial charge in [0.25, 0.3) is 5.69 Å². The molecule has 2 amide bonds. The Hall–Kier alpha value is -4.00. The lowest BCUT2D eigenvalue weighted by molar-refractivity contribution is -0.384. The maximum absolute atomic E-state index is 13.8. The Kier molecular flexibility index (Phi) is 9.03. The van der Waals surface area contributed by atoms with Crippen LogP contribution in [0.25, 0.3) is 0 Å². The largest absolute Gasteiger partial charge is 0.352 e. The molecule has 2 N–H and O–H groups in total. The molecule has 1 unspecified atom stereocenters. The second-order valence-electron chi connectivity index (χ2n) is 9.64. The number of hydrogen-bond donors (Lipinski definition) is 2. The highest BCUT2D eigenvalue weighted by Crippen LogP contribution is 2.25. The summed E-state index contributed by atoms with van der Waals surface area (Å²) in [7, 11) is 0. The Balaban J connectivity index is 1.58. The van der Waals surface area contributed by atoms with E-state index in [9.17, 15) is 19.7 Å². The van der Waals surface area contributed by atoms with E-state index in [1.807, 2.05) is 60.7 Å². The summed E-state index contributed by atoms with van der Waals surface area (Å²) in [5.41, 5.74) is 2.40. The molecule has 1 atom stereocenters. The van der Waals surface area contributed by atoms with Crippen LogP contribution in [-0.4, -0.2) is 28.8 Å². The molecule has 0 saturated heterocycles. The minimum Gasteiger partial charge on any atom is -0.352 e. The van der Waals surface area contributed by atoms with E-state index in [2.05, 4.69) is 10.6 Å². The van der Waals surface area contributed by atoms with E-state index in [1.165, 1.54) is 25.0 Å². The number of amides is 2. The summed E-state index contributed by atoms with van der Waals surface area (Å²) in [6.45, 7) is 0. The molecule has 3 aromatic rings. The SMILES string of the molecule is O=C(NC1CCCCCC1)C(Cc1ccc([N+](=O)[O-])cc1)NC(=O)C(c1ccccc1)c1ccccc1. The number of nitro benzene ring substituents is 1. The maximum atomic E-state index is 13.8. The van der Waals surface area contributed by atoms with Gasteiger partial charge in [0.1, 0.15) is 6.04 Å². The van der Waals surface area contributed by atoms with Crippen molar-refractivity contribution in [3.63, 3.8) is 0 Å². The smallest absolute Gasteiger partial charge is 0.269 e. The lowest BCUT2D eigenvalue weighted by Crippen LogP contribution is -2.51. The Morgan fingerprint density at radius 1 is 0.784 bits per heavy atom. The molecule has 7 nitrogen and oxygen atoms in total. The van der Waals surface area contributed by atoms with Gasteiger partial charge in [-0.3, -0.25) is 19.7 Å². The average molecular weight is 500 g/mol. The molecule has 1 aliphatic carbocycles. The van der Waals surface area contributed by atoms with E-state index in [0.29, 0.717) is 0 Å². The van der Waals surface area contributed by atoms with Gasteiger partial charge in [0, 0.05) is 24.6 Å². The van der Waals surface area contributed by atoms with Gasteiger partial charge >= 0.3 is 0 Å². The van der Waals surface area contributed by atoms with E-state index in [4.69, 9.17) is 0 Å². The van der Waals surface area contributed by atoms with Crippen LogP contribution in [0.2, 0.25) is 0 Å². The van der Waals surface area contributed by atoms with Crippen molar-refractivity contribution >= 4 is 17.5 Å². The first-order valence-corrected chi connectivity index (χ1v) is 13.0. The third-order valence-corrected chi connectivity index (χ3v) is 6.95. The van der Waals surface area contributed by atoms with Gasteiger partial charge in [-0.1, -0.05) is 98.5 Å². The van der Waals surface area contributed by atoms with Crippen LogP contribution < -0.4 is 10.6 Å². The van der Waals surface area contributed by atoms with Crippen molar-refractivity contribution in [3.8, 4) is 0 Å². The molecule has 0 spiro atoms. The van der Waals surface area contributed by atoms with Gasteiger partial charge in [0.2, 0.25) is 11.8 Å². The molecular weight excluding hydrogens is 466 g/mol. The summed E-state index contributed by atoms with van der Waals surface area (Å²) < 4.78 is 0. The quantitative estimate of drug-likeness (QED) is 0.237. The van der Waals surface area contributed by atoms with Crippen LogP contribution in [0.3, 0.4) is 0 Å². The van der Waals surface area contributed by atoms with Gasteiger partial charge in [0.05, 0.1) is 10.8 Å². The van der Waals surface area contributed by atoms with E-state index in [1.54, 1.807) is 12.1 Å².